The Morgan fingerprint density at radius 2 is 2.15 bits per heavy atom. The van der Waals surface area contributed by atoms with Crippen LogP contribution in [0.1, 0.15) is 37.8 Å². The third kappa shape index (κ3) is 3.44. The van der Waals surface area contributed by atoms with Gasteiger partial charge in [0.05, 0.1) is 17.0 Å². The average molecular weight is 369 g/mol. The number of carboxylic acids is 1. The molecular weight excluding hydrogens is 351 g/mol. The van der Waals surface area contributed by atoms with Crippen LogP contribution in [0, 0.1) is 5.41 Å². The van der Waals surface area contributed by atoms with E-state index in [1.54, 1.807) is 13.8 Å². The van der Waals surface area contributed by atoms with Gasteiger partial charge >= 0.3 is 12.1 Å². The van der Waals surface area contributed by atoms with Gasteiger partial charge in [-0.1, -0.05) is 17.3 Å². The molecule has 3 rings (SSSR count). The van der Waals surface area contributed by atoms with Crippen molar-refractivity contribution in [1.29, 1.82) is 0 Å². The van der Waals surface area contributed by atoms with Crippen molar-refractivity contribution in [2.75, 3.05) is 13.1 Å². The van der Waals surface area contributed by atoms with Crippen LogP contribution < -0.4 is 0 Å². The maximum absolute atomic E-state index is 12.8. The van der Waals surface area contributed by atoms with Crippen molar-refractivity contribution < 1.29 is 27.6 Å². The molecule has 0 spiro atoms. The molecule has 2 aromatic rings. The van der Waals surface area contributed by atoms with Gasteiger partial charge < -0.3 is 9.63 Å². The second-order valence-electron chi connectivity index (χ2n) is 6.80. The summed E-state index contributed by atoms with van der Waals surface area (Å²) in [4.78, 5) is 17.5. The number of aromatic nitrogens is 2. The Morgan fingerprint density at radius 3 is 2.77 bits per heavy atom. The fourth-order valence-electron chi connectivity index (χ4n) is 3.01. The topological polar surface area (TPSA) is 79.5 Å². The van der Waals surface area contributed by atoms with E-state index in [0.717, 1.165) is 12.1 Å². The Hall–Kier alpha value is -2.42. The molecule has 0 amide bonds. The number of carboxylic acid groups (broad SMARTS) is 1. The molecule has 0 aliphatic carbocycles. The second-order valence-corrected chi connectivity index (χ2v) is 6.80. The molecule has 9 heteroatoms. The number of likely N-dealkylation sites (tertiary alicyclic amines) is 1. The van der Waals surface area contributed by atoms with Crippen molar-refractivity contribution in [3.8, 4) is 11.4 Å². The zero-order valence-electron chi connectivity index (χ0n) is 14.2. The number of hydrogen-bond acceptors (Lipinski definition) is 5. The normalized spacial score (nSPS) is 22.5. The van der Waals surface area contributed by atoms with Crippen LogP contribution >= 0.6 is 0 Å². The molecule has 1 aromatic carbocycles. The summed E-state index contributed by atoms with van der Waals surface area (Å²) in [6.07, 6.45) is -3.95. The minimum atomic E-state index is -4.45. The van der Waals surface area contributed by atoms with Gasteiger partial charge in [0.15, 0.2) is 0 Å². The van der Waals surface area contributed by atoms with E-state index in [4.69, 9.17) is 4.52 Å². The summed E-state index contributed by atoms with van der Waals surface area (Å²) >= 11 is 0. The fraction of sp³-hybridized carbons (Fsp3) is 0.471. The van der Waals surface area contributed by atoms with Gasteiger partial charge in [-0.05, 0) is 32.4 Å². The van der Waals surface area contributed by atoms with Gasteiger partial charge in [-0.15, -0.1) is 0 Å². The Morgan fingerprint density at radius 1 is 1.42 bits per heavy atom. The Labute approximate surface area is 147 Å². The first-order chi connectivity index (χ1) is 12.1. The maximum atomic E-state index is 12.8. The summed E-state index contributed by atoms with van der Waals surface area (Å²) in [5.74, 6) is -0.549. The van der Waals surface area contributed by atoms with Crippen molar-refractivity contribution in [2.24, 2.45) is 5.41 Å². The SMILES string of the molecule is CC(c1nc(-c2cccc(C(F)(F)F)c2)no1)N1CCC(C)(C(=O)O)C1. The minimum absolute atomic E-state index is 0.0677. The van der Waals surface area contributed by atoms with Gasteiger partial charge in [-0.25, -0.2) is 0 Å². The monoisotopic (exact) mass is 369 g/mol. The van der Waals surface area contributed by atoms with Crippen LogP contribution in [0.3, 0.4) is 0 Å². The van der Waals surface area contributed by atoms with E-state index >= 15 is 0 Å². The molecule has 2 heterocycles. The molecule has 140 valence electrons. The molecule has 1 aliphatic heterocycles. The fourth-order valence-corrected chi connectivity index (χ4v) is 3.01. The van der Waals surface area contributed by atoms with Crippen LogP contribution in [0.2, 0.25) is 0 Å². The highest BCUT2D eigenvalue weighted by atomic mass is 19.4. The van der Waals surface area contributed by atoms with E-state index in [1.165, 1.54) is 12.1 Å². The standard InChI is InChI=1S/C17H18F3N3O3/c1-10(23-7-6-16(2,9-23)15(24)25)14-21-13(22-26-14)11-4-3-5-12(8-11)17(18,19)20/h3-5,8,10H,6-7,9H2,1-2H3,(H,24,25). The van der Waals surface area contributed by atoms with Crippen molar-refractivity contribution >= 4 is 5.97 Å². The van der Waals surface area contributed by atoms with Crippen LogP contribution in [-0.2, 0) is 11.0 Å². The van der Waals surface area contributed by atoms with E-state index < -0.39 is 23.1 Å². The van der Waals surface area contributed by atoms with Gasteiger partial charge in [0.25, 0.3) is 0 Å². The summed E-state index contributed by atoms with van der Waals surface area (Å²) in [7, 11) is 0. The molecular formula is C17H18F3N3O3. The Balaban J connectivity index is 1.79. The molecule has 6 nitrogen and oxygen atoms in total. The van der Waals surface area contributed by atoms with Gasteiger partial charge in [0, 0.05) is 18.7 Å². The summed E-state index contributed by atoms with van der Waals surface area (Å²) in [5, 5.41) is 13.1. The highest BCUT2D eigenvalue weighted by Crippen LogP contribution is 2.36. The molecule has 1 N–H and O–H groups in total. The molecule has 26 heavy (non-hydrogen) atoms. The molecule has 1 aromatic heterocycles. The second kappa shape index (κ2) is 6.39. The number of aliphatic carboxylic acids is 1. The summed E-state index contributed by atoms with van der Waals surface area (Å²) in [5.41, 5.74) is -1.41. The lowest BCUT2D eigenvalue weighted by Crippen LogP contribution is -2.33. The van der Waals surface area contributed by atoms with E-state index in [0.29, 0.717) is 19.5 Å². The van der Waals surface area contributed by atoms with Gasteiger partial charge in [-0.3, -0.25) is 9.69 Å². The Kier molecular flexibility index (Phi) is 4.51. The summed E-state index contributed by atoms with van der Waals surface area (Å²) in [6.45, 7) is 4.39. The molecule has 2 atom stereocenters. The number of carbonyl (C=O) groups is 1. The van der Waals surface area contributed by atoms with Crippen LogP contribution in [0.5, 0.6) is 0 Å². The lowest BCUT2D eigenvalue weighted by atomic mass is 9.90. The number of alkyl halides is 3. The lowest BCUT2D eigenvalue weighted by molar-refractivity contribution is -0.147. The zero-order chi connectivity index (χ0) is 19.1. The van der Waals surface area contributed by atoms with Crippen LogP contribution in [0.25, 0.3) is 11.4 Å². The molecule has 1 saturated heterocycles. The van der Waals surface area contributed by atoms with Crippen molar-refractivity contribution in [1.82, 2.24) is 15.0 Å². The highest BCUT2D eigenvalue weighted by Gasteiger charge is 2.42. The van der Waals surface area contributed by atoms with Crippen LogP contribution in [0.4, 0.5) is 13.2 Å². The lowest BCUT2D eigenvalue weighted by Gasteiger charge is -2.23. The minimum Gasteiger partial charge on any atom is -0.481 e. The van der Waals surface area contributed by atoms with Crippen molar-refractivity contribution in [2.45, 2.75) is 32.5 Å². The number of nitrogens with zero attached hydrogens (tertiary/aromatic N) is 3. The summed E-state index contributed by atoms with van der Waals surface area (Å²) in [6, 6.07) is 4.38. The van der Waals surface area contributed by atoms with Gasteiger partial charge in [0.1, 0.15) is 0 Å². The van der Waals surface area contributed by atoms with E-state index in [-0.39, 0.29) is 23.3 Å². The van der Waals surface area contributed by atoms with E-state index in [2.05, 4.69) is 10.1 Å². The van der Waals surface area contributed by atoms with Gasteiger partial charge in [-0.2, -0.15) is 18.2 Å². The largest absolute Gasteiger partial charge is 0.481 e. The first-order valence-electron chi connectivity index (χ1n) is 8.09. The number of rotatable bonds is 4. The highest BCUT2D eigenvalue weighted by molar-refractivity contribution is 5.74. The summed E-state index contributed by atoms with van der Waals surface area (Å²) < 4.78 is 43.7. The van der Waals surface area contributed by atoms with Crippen molar-refractivity contribution in [3.63, 3.8) is 0 Å². The average Bonchev–Trinajstić information content (AvgIpc) is 3.21. The van der Waals surface area contributed by atoms with Crippen LogP contribution in [0.15, 0.2) is 28.8 Å². The molecule has 1 fully saturated rings. The third-order valence-corrected chi connectivity index (χ3v) is 4.81. The first kappa shape index (κ1) is 18.4. The van der Waals surface area contributed by atoms with Crippen LogP contribution in [-0.4, -0.2) is 39.2 Å². The van der Waals surface area contributed by atoms with E-state index in [1.807, 2.05) is 4.90 Å². The van der Waals surface area contributed by atoms with E-state index in [9.17, 15) is 23.1 Å². The van der Waals surface area contributed by atoms with Crippen molar-refractivity contribution in [3.05, 3.63) is 35.7 Å². The molecule has 1 aliphatic rings. The zero-order valence-corrected chi connectivity index (χ0v) is 14.2. The molecule has 2 unspecified atom stereocenters. The number of halogens is 3. The molecule has 0 radical (unpaired) electrons. The Bertz CT molecular complexity index is 821. The third-order valence-electron chi connectivity index (χ3n) is 4.81. The predicted molar refractivity (Wildman–Crippen MR) is 85.1 cm³/mol. The predicted octanol–water partition coefficient (Wildman–Crippen LogP) is 3.61. The smallest absolute Gasteiger partial charge is 0.416 e. The van der Waals surface area contributed by atoms with Gasteiger partial charge in [0.2, 0.25) is 11.7 Å². The maximum Gasteiger partial charge on any atom is 0.416 e. The number of benzene rings is 1. The first-order valence-corrected chi connectivity index (χ1v) is 8.09. The number of hydrogen-bond donors (Lipinski definition) is 1. The molecule has 0 bridgehead atoms. The quantitative estimate of drug-likeness (QED) is 0.887. The molecule has 0 saturated carbocycles.